The number of hydrogen-bond acceptors (Lipinski definition) is 1. The molecule has 0 aliphatic heterocycles. The Labute approximate surface area is 557 Å². The lowest BCUT2D eigenvalue weighted by Crippen LogP contribution is -2.28. The van der Waals surface area contributed by atoms with Crippen LogP contribution in [0.3, 0.4) is 0 Å². The van der Waals surface area contributed by atoms with E-state index in [4.69, 9.17) is 0 Å². The molecule has 3 aliphatic carbocycles. The summed E-state index contributed by atoms with van der Waals surface area (Å²) in [6, 6.07) is 101. The van der Waals surface area contributed by atoms with Gasteiger partial charge in [0.1, 0.15) is 0 Å². The van der Waals surface area contributed by atoms with E-state index in [2.05, 4.69) is 307 Å². The summed E-state index contributed by atoms with van der Waals surface area (Å²) in [6.45, 7) is 14.0. The Kier molecular flexibility index (Phi) is 15.2. The Bertz CT molecular complexity index is 4820. The topological polar surface area (TPSA) is 3.24 Å². The Morgan fingerprint density at radius 2 is 0.670 bits per heavy atom. The largest absolute Gasteiger partial charge is 0.310 e. The second-order valence-corrected chi connectivity index (χ2v) is 27.8. The Morgan fingerprint density at radius 1 is 0.277 bits per heavy atom. The number of unbranched alkanes of at least 4 members (excludes halogenated alkanes) is 4. The molecular formula is C93H85N. The van der Waals surface area contributed by atoms with Gasteiger partial charge in [0.05, 0.1) is 5.41 Å². The second-order valence-electron chi connectivity index (χ2n) is 27.8. The van der Waals surface area contributed by atoms with Crippen LogP contribution >= 0.6 is 0 Å². The van der Waals surface area contributed by atoms with E-state index in [1.807, 2.05) is 0 Å². The Balaban J connectivity index is 0.872. The molecule has 0 saturated carbocycles. The summed E-state index contributed by atoms with van der Waals surface area (Å²) in [5.74, 6) is 0. The van der Waals surface area contributed by atoms with Gasteiger partial charge in [-0.3, -0.25) is 0 Å². The second kappa shape index (κ2) is 24.1. The number of aryl methyl sites for hydroxylation is 2. The first kappa shape index (κ1) is 59.5. The van der Waals surface area contributed by atoms with Gasteiger partial charge in [-0.05, 0) is 214 Å². The minimum absolute atomic E-state index is 0.0488. The van der Waals surface area contributed by atoms with E-state index in [0.29, 0.717) is 0 Å². The summed E-state index contributed by atoms with van der Waals surface area (Å²) < 4.78 is 0. The Morgan fingerprint density at radius 3 is 1.18 bits per heavy atom. The van der Waals surface area contributed by atoms with Crippen molar-refractivity contribution < 1.29 is 0 Å². The lowest BCUT2D eigenvalue weighted by atomic mass is 9.67. The van der Waals surface area contributed by atoms with E-state index in [0.717, 1.165) is 25.7 Å². The number of hydrogen-bond donors (Lipinski definition) is 0. The molecule has 462 valence electrons. The summed E-state index contributed by atoms with van der Waals surface area (Å²) in [5, 5.41) is 7.48. The fourth-order valence-electron chi connectivity index (χ4n) is 18.1. The molecule has 0 saturated heterocycles. The monoisotopic (exact) mass is 1220 g/mol. The molecule has 13 aromatic rings. The minimum atomic E-state index is -0.499. The quantitative estimate of drug-likeness (QED) is 0.0730. The molecule has 1 heteroatoms. The number of rotatable bonds is 19. The third-order valence-electron chi connectivity index (χ3n) is 22.4. The third kappa shape index (κ3) is 9.23. The lowest BCUT2D eigenvalue weighted by molar-refractivity contribution is 0.414. The maximum Gasteiger partial charge on any atom is 0.0713 e. The van der Waals surface area contributed by atoms with Gasteiger partial charge in [-0.15, -0.1) is 0 Å². The Hall–Kier alpha value is -9.56. The summed E-state index contributed by atoms with van der Waals surface area (Å²) in [6.07, 6.45) is 14.1. The maximum atomic E-state index is 2.64. The van der Waals surface area contributed by atoms with Crippen LogP contribution in [-0.4, -0.2) is 0 Å². The van der Waals surface area contributed by atoms with Crippen molar-refractivity contribution in [1.29, 1.82) is 0 Å². The molecule has 3 aliphatic rings. The highest BCUT2D eigenvalue weighted by atomic mass is 15.1. The summed E-state index contributed by atoms with van der Waals surface area (Å²) >= 11 is 0. The molecule has 1 nitrogen and oxygen atoms in total. The van der Waals surface area contributed by atoms with E-state index in [1.54, 1.807) is 0 Å². The fraction of sp³-hybridized carbons (Fsp3) is 0.226. The number of anilines is 3. The molecular weight excluding hydrogens is 1130 g/mol. The van der Waals surface area contributed by atoms with Crippen LogP contribution in [0, 0.1) is 13.8 Å². The van der Waals surface area contributed by atoms with Gasteiger partial charge >= 0.3 is 0 Å². The zero-order chi connectivity index (χ0) is 63.7. The van der Waals surface area contributed by atoms with Crippen LogP contribution in [-0.2, 0) is 16.2 Å². The molecule has 0 fully saturated rings. The molecule has 0 amide bonds. The number of fused-ring (bicyclic) bond motifs is 12. The zero-order valence-corrected chi connectivity index (χ0v) is 55.8. The van der Waals surface area contributed by atoms with Gasteiger partial charge < -0.3 is 4.90 Å². The van der Waals surface area contributed by atoms with Crippen LogP contribution in [0.4, 0.5) is 17.1 Å². The zero-order valence-electron chi connectivity index (χ0n) is 55.8. The van der Waals surface area contributed by atoms with Crippen molar-refractivity contribution >= 4 is 49.4 Å². The van der Waals surface area contributed by atoms with Crippen molar-refractivity contribution in [2.75, 3.05) is 4.90 Å². The van der Waals surface area contributed by atoms with Crippen LogP contribution in [0.2, 0.25) is 0 Å². The first-order valence-corrected chi connectivity index (χ1v) is 35.4. The normalized spacial score (nSPS) is 14.2. The van der Waals surface area contributed by atoms with Gasteiger partial charge in [0.2, 0.25) is 0 Å². The van der Waals surface area contributed by atoms with Crippen LogP contribution in [0.1, 0.15) is 160 Å². The van der Waals surface area contributed by atoms with Crippen LogP contribution in [0.15, 0.2) is 261 Å². The minimum Gasteiger partial charge on any atom is -0.310 e. The SMILES string of the molecule is CCCCC1(CCCC)c2cc(C)ccc2-c2ccc(N(c3ccc4c(c3)C(CCCC)(CCCC)c3cc(C)ccc3-4)c3ccc4cc(-c5c6ccccc6c(-c6cccc7c6-c6ccccc6C7(c6ccccc6)c6ccccc6)c6ccccc56)ccc4c3)cc21. The van der Waals surface area contributed by atoms with Crippen LogP contribution < -0.4 is 4.90 Å². The smallest absolute Gasteiger partial charge is 0.0713 e. The lowest BCUT2D eigenvalue weighted by Gasteiger charge is -2.35. The average molecular weight is 1220 g/mol. The van der Waals surface area contributed by atoms with Gasteiger partial charge in [0.25, 0.3) is 0 Å². The molecule has 94 heavy (non-hydrogen) atoms. The van der Waals surface area contributed by atoms with E-state index >= 15 is 0 Å². The van der Waals surface area contributed by atoms with E-state index < -0.39 is 5.41 Å². The van der Waals surface area contributed by atoms with E-state index in [9.17, 15) is 0 Å². The van der Waals surface area contributed by atoms with Gasteiger partial charge in [0, 0.05) is 27.9 Å². The molecule has 16 rings (SSSR count). The maximum absolute atomic E-state index is 2.64. The molecule has 0 aromatic heterocycles. The van der Waals surface area contributed by atoms with E-state index in [1.165, 1.54) is 212 Å². The summed E-state index contributed by atoms with van der Waals surface area (Å²) in [4.78, 5) is 2.63. The molecule has 13 aromatic carbocycles. The summed E-state index contributed by atoms with van der Waals surface area (Å²) in [7, 11) is 0. The van der Waals surface area contributed by atoms with Crippen LogP contribution in [0.5, 0.6) is 0 Å². The van der Waals surface area contributed by atoms with Gasteiger partial charge in [-0.25, -0.2) is 0 Å². The van der Waals surface area contributed by atoms with Gasteiger partial charge in [0.15, 0.2) is 0 Å². The molecule has 0 atom stereocenters. The number of nitrogens with zero attached hydrogens (tertiary/aromatic N) is 1. The highest BCUT2D eigenvalue weighted by molar-refractivity contribution is 6.23. The fourth-order valence-corrected chi connectivity index (χ4v) is 18.1. The molecule has 0 radical (unpaired) electrons. The van der Waals surface area contributed by atoms with Crippen molar-refractivity contribution in [3.63, 3.8) is 0 Å². The standard InChI is InChI=1S/C93H85N/c1-7-11-52-91(53-12-8-2)84-56-62(5)40-48-72(84)74-50-46-70(60-86(74)91)94(71-47-51-75-73-49-41-63(6)57-85(73)92(54-13-9-3,55-14-10-4)87(75)61-71)69-45-44-64-58-66(43-42-65(64)59-69)88-76-32-21-23-34-78(76)89(79-35-24-22-33-77(79)88)81-37-27-39-83-90(81)80-36-25-26-38-82(80)93(83,67-28-17-15-18-29-67)68-30-19-16-20-31-68/h15-51,56-61H,7-14,52-55H2,1-6H3. The first-order chi connectivity index (χ1) is 46.2. The van der Waals surface area contributed by atoms with Crippen molar-refractivity contribution in [2.24, 2.45) is 0 Å². The van der Waals surface area contributed by atoms with Crippen molar-refractivity contribution in [3.05, 3.63) is 316 Å². The van der Waals surface area contributed by atoms with Crippen molar-refractivity contribution in [1.82, 2.24) is 0 Å². The predicted molar refractivity (Wildman–Crippen MR) is 402 cm³/mol. The summed E-state index contributed by atoms with van der Waals surface area (Å²) in [5.41, 5.74) is 30.3. The molecule has 0 bridgehead atoms. The van der Waals surface area contributed by atoms with Crippen molar-refractivity contribution in [3.8, 4) is 55.6 Å². The molecule has 0 unspecified atom stereocenters. The van der Waals surface area contributed by atoms with E-state index in [-0.39, 0.29) is 10.8 Å². The van der Waals surface area contributed by atoms with Gasteiger partial charge in [-0.2, -0.15) is 0 Å². The third-order valence-corrected chi connectivity index (χ3v) is 22.4. The van der Waals surface area contributed by atoms with Crippen molar-refractivity contribution in [2.45, 2.75) is 135 Å². The highest BCUT2D eigenvalue weighted by Crippen LogP contribution is 2.62. The van der Waals surface area contributed by atoms with Gasteiger partial charge in [-0.1, -0.05) is 309 Å². The first-order valence-electron chi connectivity index (χ1n) is 35.4. The molecule has 0 heterocycles. The molecule has 0 spiro atoms. The number of benzene rings is 13. The van der Waals surface area contributed by atoms with Crippen LogP contribution in [0.25, 0.3) is 88.0 Å². The average Bonchev–Trinajstić information content (AvgIpc) is 1.50. The highest BCUT2D eigenvalue weighted by Gasteiger charge is 2.48. The predicted octanol–water partition coefficient (Wildman–Crippen LogP) is 26.2. The molecule has 0 N–H and O–H groups in total.